The highest BCUT2D eigenvalue weighted by molar-refractivity contribution is 4.70. The lowest BCUT2D eigenvalue weighted by Crippen LogP contribution is -2.50. The van der Waals surface area contributed by atoms with Gasteiger partial charge in [-0.1, -0.05) is 0 Å². The molecular weight excluding hydrogens is 166 g/mol. The fourth-order valence-electron chi connectivity index (χ4n) is 1.46. The van der Waals surface area contributed by atoms with Gasteiger partial charge in [-0.3, -0.25) is 4.90 Å². The van der Waals surface area contributed by atoms with E-state index in [0.717, 1.165) is 39.3 Å². The second-order valence-electron chi connectivity index (χ2n) is 3.34. The summed E-state index contributed by atoms with van der Waals surface area (Å²) < 4.78 is 0. The molecule has 1 fully saturated rings. The van der Waals surface area contributed by atoms with E-state index < -0.39 is 0 Å². The highest BCUT2D eigenvalue weighted by Crippen LogP contribution is 1.91. The highest BCUT2D eigenvalue weighted by Gasteiger charge is 2.12. The normalized spacial score (nSPS) is 24.5. The van der Waals surface area contributed by atoms with Crippen molar-refractivity contribution in [3.63, 3.8) is 0 Å². The van der Waals surface area contributed by atoms with Gasteiger partial charge in [0.15, 0.2) is 0 Å². The summed E-state index contributed by atoms with van der Waals surface area (Å²) in [6.07, 6.45) is 0.00157. The molecule has 0 amide bonds. The lowest BCUT2D eigenvalue weighted by Gasteiger charge is -2.27. The van der Waals surface area contributed by atoms with E-state index in [1.165, 1.54) is 0 Å². The summed E-state index contributed by atoms with van der Waals surface area (Å²) in [5.74, 6) is 0. The lowest BCUT2D eigenvalue weighted by molar-refractivity contribution is 0.210. The van der Waals surface area contributed by atoms with Crippen LogP contribution in [0.1, 0.15) is 0 Å². The van der Waals surface area contributed by atoms with Gasteiger partial charge in [-0.05, 0) is 0 Å². The first-order chi connectivity index (χ1) is 6.34. The van der Waals surface area contributed by atoms with E-state index in [-0.39, 0.29) is 6.17 Å². The molecule has 0 radical (unpaired) electrons. The number of hydrogen-bond donors (Lipinski definition) is 4. The summed E-state index contributed by atoms with van der Waals surface area (Å²) >= 11 is 0. The van der Waals surface area contributed by atoms with Crippen LogP contribution in [0.5, 0.6) is 0 Å². The quantitative estimate of drug-likeness (QED) is 0.392. The predicted octanol–water partition coefficient (Wildman–Crippen LogP) is -2.28. The third-order valence-electron chi connectivity index (χ3n) is 2.34. The van der Waals surface area contributed by atoms with Crippen LogP contribution in [0.15, 0.2) is 0 Å². The molecule has 0 aliphatic carbocycles. The molecule has 1 heterocycles. The van der Waals surface area contributed by atoms with Crippen LogP contribution in [0.4, 0.5) is 0 Å². The van der Waals surface area contributed by atoms with Crippen molar-refractivity contribution in [1.29, 1.82) is 0 Å². The van der Waals surface area contributed by atoms with Gasteiger partial charge in [0.2, 0.25) is 0 Å². The Labute approximate surface area is 79.8 Å². The second-order valence-corrected chi connectivity index (χ2v) is 3.34. The number of nitrogens with one attached hydrogen (secondary N) is 2. The Kier molecular flexibility index (Phi) is 5.26. The molecule has 1 aliphatic rings. The molecule has 0 aromatic carbocycles. The first-order valence-electron chi connectivity index (χ1n) is 4.95. The lowest BCUT2D eigenvalue weighted by atomic mass is 10.4. The van der Waals surface area contributed by atoms with E-state index in [0.29, 0.717) is 6.54 Å². The second kappa shape index (κ2) is 6.28. The van der Waals surface area contributed by atoms with Crippen LogP contribution < -0.4 is 22.1 Å². The summed E-state index contributed by atoms with van der Waals surface area (Å²) in [5.41, 5.74) is 11.4. The largest absolute Gasteiger partial charge is 0.328 e. The van der Waals surface area contributed by atoms with Crippen LogP contribution in [-0.2, 0) is 0 Å². The molecule has 0 bridgehead atoms. The van der Waals surface area contributed by atoms with Crippen LogP contribution in [0.2, 0.25) is 0 Å². The smallest absolute Gasteiger partial charge is 0.0699 e. The Morgan fingerprint density at radius 3 is 2.08 bits per heavy atom. The van der Waals surface area contributed by atoms with Crippen LogP contribution >= 0.6 is 0 Å². The maximum atomic E-state index is 5.86. The van der Waals surface area contributed by atoms with Gasteiger partial charge >= 0.3 is 0 Å². The molecular formula is C8H21N5. The van der Waals surface area contributed by atoms with E-state index in [4.69, 9.17) is 11.5 Å². The minimum atomic E-state index is 0.00157. The van der Waals surface area contributed by atoms with Crippen molar-refractivity contribution in [1.82, 2.24) is 15.5 Å². The summed E-state index contributed by atoms with van der Waals surface area (Å²) in [7, 11) is 0. The minimum absolute atomic E-state index is 0.00157. The molecule has 0 saturated carbocycles. The van der Waals surface area contributed by atoms with Gasteiger partial charge in [0, 0.05) is 45.8 Å². The van der Waals surface area contributed by atoms with Crippen LogP contribution in [0, 0.1) is 0 Å². The van der Waals surface area contributed by atoms with E-state index in [1.54, 1.807) is 0 Å². The number of nitrogens with zero attached hydrogens (tertiary/aromatic N) is 1. The SMILES string of the molecule is NCC(N)N1CCNCCNCC1. The van der Waals surface area contributed by atoms with Gasteiger partial charge in [-0.25, -0.2) is 0 Å². The maximum absolute atomic E-state index is 5.86. The van der Waals surface area contributed by atoms with Crippen LogP contribution in [0.3, 0.4) is 0 Å². The van der Waals surface area contributed by atoms with E-state index in [2.05, 4.69) is 15.5 Å². The predicted molar refractivity (Wildman–Crippen MR) is 54.3 cm³/mol. The number of hydrogen-bond acceptors (Lipinski definition) is 5. The van der Waals surface area contributed by atoms with Crippen LogP contribution in [0.25, 0.3) is 0 Å². The molecule has 5 nitrogen and oxygen atoms in total. The first kappa shape index (κ1) is 10.9. The zero-order valence-electron chi connectivity index (χ0n) is 8.13. The average Bonchev–Trinajstić information content (AvgIpc) is 2.29. The van der Waals surface area contributed by atoms with Gasteiger partial charge in [0.1, 0.15) is 0 Å². The fourth-order valence-corrected chi connectivity index (χ4v) is 1.46. The topological polar surface area (TPSA) is 79.3 Å². The summed E-state index contributed by atoms with van der Waals surface area (Å²) in [5, 5.41) is 6.67. The van der Waals surface area contributed by atoms with Crippen molar-refractivity contribution in [3.05, 3.63) is 0 Å². The number of rotatable bonds is 2. The van der Waals surface area contributed by atoms with Gasteiger partial charge in [-0.2, -0.15) is 0 Å². The van der Waals surface area contributed by atoms with Gasteiger partial charge < -0.3 is 22.1 Å². The first-order valence-corrected chi connectivity index (χ1v) is 4.95. The van der Waals surface area contributed by atoms with Crippen molar-refractivity contribution in [2.45, 2.75) is 6.17 Å². The van der Waals surface area contributed by atoms with Gasteiger partial charge in [0.25, 0.3) is 0 Å². The van der Waals surface area contributed by atoms with Gasteiger partial charge in [0.05, 0.1) is 6.17 Å². The molecule has 1 rings (SSSR count). The van der Waals surface area contributed by atoms with E-state index in [9.17, 15) is 0 Å². The van der Waals surface area contributed by atoms with Crippen molar-refractivity contribution in [2.75, 3.05) is 45.8 Å². The molecule has 78 valence electrons. The standard InChI is InChI=1S/C8H21N5/c9-7-8(10)13-5-3-11-1-2-12-4-6-13/h8,11-12H,1-7,9-10H2. The molecule has 13 heavy (non-hydrogen) atoms. The monoisotopic (exact) mass is 187 g/mol. The van der Waals surface area contributed by atoms with Crippen LogP contribution in [-0.4, -0.2) is 56.9 Å². The average molecular weight is 187 g/mol. The van der Waals surface area contributed by atoms with E-state index >= 15 is 0 Å². The van der Waals surface area contributed by atoms with Gasteiger partial charge in [-0.15, -0.1) is 0 Å². The third kappa shape index (κ3) is 4.02. The maximum Gasteiger partial charge on any atom is 0.0699 e. The molecule has 0 spiro atoms. The molecule has 0 aromatic heterocycles. The Balaban J connectivity index is 2.31. The molecule has 1 atom stereocenters. The summed E-state index contributed by atoms with van der Waals surface area (Å²) in [6.45, 7) is 6.56. The Morgan fingerprint density at radius 1 is 1.08 bits per heavy atom. The Morgan fingerprint density at radius 2 is 1.62 bits per heavy atom. The Hall–Kier alpha value is -0.200. The van der Waals surface area contributed by atoms with Crippen molar-refractivity contribution in [2.24, 2.45) is 11.5 Å². The molecule has 1 unspecified atom stereocenters. The molecule has 1 saturated heterocycles. The highest BCUT2D eigenvalue weighted by atomic mass is 15.2. The van der Waals surface area contributed by atoms with Crippen molar-refractivity contribution < 1.29 is 0 Å². The molecule has 6 N–H and O–H groups in total. The molecule has 1 aliphatic heterocycles. The van der Waals surface area contributed by atoms with Crippen molar-refractivity contribution >= 4 is 0 Å². The summed E-state index contributed by atoms with van der Waals surface area (Å²) in [6, 6.07) is 0. The zero-order valence-corrected chi connectivity index (χ0v) is 8.13. The third-order valence-corrected chi connectivity index (χ3v) is 2.34. The minimum Gasteiger partial charge on any atom is -0.328 e. The summed E-state index contributed by atoms with van der Waals surface area (Å²) in [4.78, 5) is 2.21. The van der Waals surface area contributed by atoms with Crippen molar-refractivity contribution in [3.8, 4) is 0 Å². The molecule has 0 aromatic rings. The Bertz CT molecular complexity index is 120. The van der Waals surface area contributed by atoms with E-state index in [1.807, 2.05) is 0 Å². The fraction of sp³-hybridized carbons (Fsp3) is 1.00. The molecule has 5 heteroatoms. The number of nitrogens with two attached hydrogens (primary N) is 2. The zero-order chi connectivity index (χ0) is 9.52.